The SMILES string of the molecule is CC(C)Cc1cc(-c2[c-]cccc2)ncc1[Si](C)(C)C.Fc1cc(-c2ccccc2)c(-n2c(-c3[c-]ccc4c3sc3ccccc34)nc3ccccc32)c2ccccc12.[Ir]. The Morgan fingerprint density at radius 1 is 0.717 bits per heavy atom. The molecule has 0 unspecified atom stereocenters. The molecule has 3 heterocycles. The minimum absolute atomic E-state index is 0. The maximum Gasteiger partial charge on any atom is 0.131 e. The normalized spacial score (nSPS) is 11.6. The van der Waals surface area contributed by atoms with Crippen molar-refractivity contribution in [2.24, 2.45) is 5.92 Å². The molecule has 7 aromatic carbocycles. The summed E-state index contributed by atoms with van der Waals surface area (Å²) in [6.45, 7) is 11.7. The van der Waals surface area contributed by atoms with E-state index >= 15 is 4.39 Å². The predicted octanol–water partition coefficient (Wildman–Crippen LogP) is 14.1. The summed E-state index contributed by atoms with van der Waals surface area (Å²) < 4.78 is 20.2. The number of fused-ring (bicyclic) bond motifs is 5. The van der Waals surface area contributed by atoms with E-state index in [1.54, 1.807) is 17.4 Å². The summed E-state index contributed by atoms with van der Waals surface area (Å²) >= 11 is 1.76. The molecule has 0 saturated carbocycles. The minimum atomic E-state index is -1.34. The average Bonchev–Trinajstić information content (AvgIpc) is 3.83. The minimum Gasteiger partial charge on any atom is -0.332 e. The second-order valence-electron chi connectivity index (χ2n) is 16.5. The van der Waals surface area contributed by atoms with E-state index in [1.807, 2.05) is 97.1 Å². The maximum atomic E-state index is 15.6. The van der Waals surface area contributed by atoms with Crippen molar-refractivity contribution >= 4 is 66.6 Å². The molecular formula is C53H44FIrN3SSi-2. The summed E-state index contributed by atoms with van der Waals surface area (Å²) in [5.74, 6) is 1.22. The van der Waals surface area contributed by atoms with Crippen LogP contribution in [0.4, 0.5) is 4.39 Å². The van der Waals surface area contributed by atoms with E-state index < -0.39 is 8.07 Å². The molecule has 10 aromatic rings. The summed E-state index contributed by atoms with van der Waals surface area (Å²) in [4.78, 5) is 9.88. The van der Waals surface area contributed by atoms with Crippen molar-refractivity contribution in [2.45, 2.75) is 39.9 Å². The second-order valence-corrected chi connectivity index (χ2v) is 22.6. The molecule has 0 aliphatic rings. The van der Waals surface area contributed by atoms with Gasteiger partial charge in [0.05, 0.1) is 30.6 Å². The number of hydrogen-bond acceptors (Lipinski definition) is 3. The van der Waals surface area contributed by atoms with Crippen LogP contribution in [-0.2, 0) is 26.5 Å². The van der Waals surface area contributed by atoms with Crippen molar-refractivity contribution in [2.75, 3.05) is 0 Å². The van der Waals surface area contributed by atoms with Gasteiger partial charge in [0.25, 0.3) is 0 Å². The van der Waals surface area contributed by atoms with Crippen LogP contribution in [0.25, 0.3) is 81.4 Å². The van der Waals surface area contributed by atoms with E-state index in [1.165, 1.54) is 26.2 Å². The first kappa shape index (κ1) is 41.2. The molecule has 0 atom stereocenters. The molecule has 0 aliphatic heterocycles. The molecule has 0 amide bonds. The first-order chi connectivity index (χ1) is 28.7. The molecule has 0 N–H and O–H groups in total. The van der Waals surface area contributed by atoms with Crippen LogP contribution in [0.1, 0.15) is 19.4 Å². The number of imidazole rings is 1. The van der Waals surface area contributed by atoms with Crippen molar-refractivity contribution < 1.29 is 24.5 Å². The molecule has 0 saturated heterocycles. The molecule has 60 heavy (non-hydrogen) atoms. The van der Waals surface area contributed by atoms with Crippen LogP contribution in [0.2, 0.25) is 19.6 Å². The maximum absolute atomic E-state index is 15.6. The van der Waals surface area contributed by atoms with Gasteiger partial charge < -0.3 is 9.55 Å². The van der Waals surface area contributed by atoms with Crippen LogP contribution >= 0.6 is 11.3 Å². The fourth-order valence-corrected chi connectivity index (χ4v) is 10.9. The molecule has 10 rings (SSSR count). The number of aromatic nitrogens is 3. The van der Waals surface area contributed by atoms with E-state index in [0.717, 1.165) is 67.0 Å². The van der Waals surface area contributed by atoms with Gasteiger partial charge in [-0.1, -0.05) is 141 Å². The van der Waals surface area contributed by atoms with Crippen LogP contribution in [0.3, 0.4) is 0 Å². The first-order valence-electron chi connectivity index (χ1n) is 20.2. The number of hydrogen-bond donors (Lipinski definition) is 0. The number of nitrogens with zero attached hydrogens (tertiary/aromatic N) is 3. The Balaban J connectivity index is 0.000000202. The Hall–Kier alpha value is -5.56. The molecule has 299 valence electrons. The molecule has 0 fully saturated rings. The summed E-state index contributed by atoms with van der Waals surface area (Å²) in [6.07, 6.45) is 3.24. The molecule has 3 aromatic heterocycles. The number of para-hydroxylation sites is 2. The molecular weight excluding hydrogens is 950 g/mol. The molecule has 0 spiro atoms. The Labute approximate surface area is 370 Å². The number of benzene rings is 7. The van der Waals surface area contributed by atoms with Gasteiger partial charge in [-0.3, -0.25) is 4.98 Å². The predicted molar refractivity (Wildman–Crippen MR) is 251 cm³/mol. The fourth-order valence-electron chi connectivity index (χ4n) is 8.15. The van der Waals surface area contributed by atoms with Crippen LogP contribution in [0.5, 0.6) is 0 Å². The van der Waals surface area contributed by atoms with Gasteiger partial charge in [0.2, 0.25) is 0 Å². The standard InChI is InChI=1S/C35H20FN2S.C18H24NSi.Ir/c36-29-21-28(22-11-2-1-3-12-22)33(25-15-5-4-13-23(25)29)38-31-19-8-7-18-30(31)37-35(38)27-17-10-16-26-24-14-6-9-20-32(24)39-34(26)27;1-14(2)11-16-12-17(15-9-7-6-8-10-15)19-13-18(16)20(3,4)5;/h1-16,18-21H;6-9,12-14H,11H2,1-5H3;/q2*-1;. The smallest absolute Gasteiger partial charge is 0.131 e. The van der Waals surface area contributed by atoms with E-state index in [0.29, 0.717) is 11.3 Å². The van der Waals surface area contributed by atoms with Gasteiger partial charge in [-0.15, -0.1) is 54.1 Å². The van der Waals surface area contributed by atoms with Crippen molar-refractivity contribution in [1.29, 1.82) is 0 Å². The Bertz CT molecular complexity index is 3110. The van der Waals surface area contributed by atoms with E-state index in [2.05, 4.69) is 110 Å². The third-order valence-electron chi connectivity index (χ3n) is 10.8. The Morgan fingerprint density at radius 3 is 2.17 bits per heavy atom. The van der Waals surface area contributed by atoms with E-state index in [9.17, 15) is 0 Å². The summed E-state index contributed by atoms with van der Waals surface area (Å²) in [5.41, 5.74) is 9.07. The summed E-state index contributed by atoms with van der Waals surface area (Å²) in [5, 5.41) is 5.33. The van der Waals surface area contributed by atoms with Gasteiger partial charge >= 0.3 is 0 Å². The fraction of sp³-hybridized carbons (Fsp3) is 0.132. The van der Waals surface area contributed by atoms with Crippen molar-refractivity contribution in [3.05, 3.63) is 181 Å². The van der Waals surface area contributed by atoms with Crippen LogP contribution in [-0.4, -0.2) is 22.6 Å². The zero-order valence-electron chi connectivity index (χ0n) is 34.3. The topological polar surface area (TPSA) is 30.7 Å². The van der Waals surface area contributed by atoms with E-state index in [-0.39, 0.29) is 25.9 Å². The van der Waals surface area contributed by atoms with Gasteiger partial charge in [0.15, 0.2) is 0 Å². The zero-order valence-corrected chi connectivity index (χ0v) is 38.5. The molecule has 0 bridgehead atoms. The number of halogens is 1. The largest absolute Gasteiger partial charge is 0.332 e. The van der Waals surface area contributed by atoms with Crippen molar-refractivity contribution in [3.8, 4) is 39.5 Å². The quantitative estimate of drug-likeness (QED) is 0.118. The van der Waals surface area contributed by atoms with E-state index in [4.69, 9.17) is 4.98 Å². The van der Waals surface area contributed by atoms with Crippen LogP contribution in [0.15, 0.2) is 158 Å². The second kappa shape index (κ2) is 17.2. The van der Waals surface area contributed by atoms with Crippen LogP contribution in [0, 0.1) is 23.9 Å². The number of rotatable bonds is 7. The summed E-state index contributed by atoms with van der Waals surface area (Å²) in [6, 6.07) is 57.3. The third-order valence-corrected chi connectivity index (χ3v) is 14.1. The molecule has 0 aliphatic carbocycles. The molecule has 1 radical (unpaired) electrons. The van der Waals surface area contributed by atoms with Gasteiger partial charge in [0, 0.05) is 47.3 Å². The van der Waals surface area contributed by atoms with Gasteiger partial charge in [-0.25, -0.2) is 4.39 Å². The number of thiophene rings is 1. The zero-order chi connectivity index (χ0) is 40.7. The molecule has 3 nitrogen and oxygen atoms in total. The van der Waals surface area contributed by atoms with Crippen LogP contribution < -0.4 is 5.19 Å². The Morgan fingerprint density at radius 2 is 1.42 bits per heavy atom. The van der Waals surface area contributed by atoms with Crippen molar-refractivity contribution in [3.63, 3.8) is 0 Å². The van der Waals surface area contributed by atoms with Crippen molar-refractivity contribution in [1.82, 2.24) is 14.5 Å². The number of pyridine rings is 1. The summed E-state index contributed by atoms with van der Waals surface area (Å²) in [7, 11) is -1.34. The van der Waals surface area contributed by atoms with Gasteiger partial charge in [0.1, 0.15) is 5.82 Å². The third kappa shape index (κ3) is 7.91. The van der Waals surface area contributed by atoms with Gasteiger partial charge in [-0.05, 0) is 63.1 Å². The Kier molecular flexibility index (Phi) is 11.8. The van der Waals surface area contributed by atoms with Gasteiger partial charge in [-0.2, -0.15) is 11.3 Å². The molecule has 7 heteroatoms. The first-order valence-corrected chi connectivity index (χ1v) is 24.5. The monoisotopic (exact) mass is 994 g/mol. The average molecular weight is 994 g/mol.